The molecule has 0 atom stereocenters. The van der Waals surface area contributed by atoms with Crippen LogP contribution in [0.2, 0.25) is 5.02 Å². The smallest absolute Gasteiger partial charge is 0.138 e. The van der Waals surface area contributed by atoms with E-state index in [1.165, 1.54) is 0 Å². The summed E-state index contributed by atoms with van der Waals surface area (Å²) in [4.78, 5) is 0. The summed E-state index contributed by atoms with van der Waals surface area (Å²) in [6, 6.07) is 5.86. The van der Waals surface area contributed by atoms with E-state index >= 15 is 0 Å². The quantitative estimate of drug-likeness (QED) is 0.822. The molecule has 0 aliphatic carbocycles. The first kappa shape index (κ1) is 9.56. The Morgan fingerprint density at radius 2 is 2.21 bits per heavy atom. The Kier molecular flexibility index (Phi) is 2.48. The predicted molar refractivity (Wildman–Crippen MR) is 58.7 cm³/mol. The molecule has 0 unspecified atom stereocenters. The normalized spacial score (nSPS) is 11.1. The van der Waals surface area contributed by atoms with Gasteiger partial charge in [-0.05, 0) is 31.7 Å². The van der Waals surface area contributed by atoms with E-state index in [0.29, 0.717) is 0 Å². The lowest BCUT2D eigenvalue weighted by Crippen LogP contribution is -2.03. The lowest BCUT2D eigenvalue weighted by molar-refractivity contribution is 0.529. The summed E-state index contributed by atoms with van der Waals surface area (Å²) in [5, 5.41) is 4.79. The molecular weight excluding hydrogens is 198 g/mol. The molecule has 1 aromatic carbocycles. The molecule has 0 radical (unpaired) electrons. The molecule has 0 amide bonds. The van der Waals surface area contributed by atoms with Crippen LogP contribution in [0.15, 0.2) is 22.6 Å². The zero-order valence-corrected chi connectivity index (χ0v) is 8.98. The highest BCUT2D eigenvalue weighted by Crippen LogP contribution is 2.29. The van der Waals surface area contributed by atoms with E-state index in [-0.39, 0.29) is 0 Å². The van der Waals surface area contributed by atoms with Gasteiger partial charge in [-0.2, -0.15) is 0 Å². The van der Waals surface area contributed by atoms with Crippen LogP contribution in [-0.2, 0) is 6.54 Å². The minimum absolute atomic E-state index is 0.727. The monoisotopic (exact) mass is 209 g/mol. The molecule has 14 heavy (non-hydrogen) atoms. The van der Waals surface area contributed by atoms with Crippen molar-refractivity contribution in [1.29, 1.82) is 0 Å². The Labute approximate surface area is 87.9 Å². The van der Waals surface area contributed by atoms with E-state index in [0.717, 1.165) is 33.9 Å². The van der Waals surface area contributed by atoms with Crippen molar-refractivity contribution in [2.45, 2.75) is 13.5 Å². The van der Waals surface area contributed by atoms with Crippen LogP contribution in [0.4, 0.5) is 0 Å². The number of hydrogen-bond donors (Lipinski definition) is 1. The molecule has 74 valence electrons. The Balaban J connectivity index is 2.63. The van der Waals surface area contributed by atoms with Crippen LogP contribution in [0.1, 0.15) is 11.3 Å². The number of rotatable bonds is 2. The van der Waals surface area contributed by atoms with Crippen LogP contribution >= 0.6 is 11.6 Å². The van der Waals surface area contributed by atoms with E-state index in [4.69, 9.17) is 16.0 Å². The average molecular weight is 210 g/mol. The fraction of sp³-hybridized carbons (Fsp3) is 0.273. The molecule has 1 aromatic heterocycles. The van der Waals surface area contributed by atoms with Crippen molar-refractivity contribution in [1.82, 2.24) is 5.32 Å². The zero-order valence-electron chi connectivity index (χ0n) is 8.23. The van der Waals surface area contributed by atoms with E-state index in [2.05, 4.69) is 5.32 Å². The van der Waals surface area contributed by atoms with Crippen LogP contribution < -0.4 is 5.32 Å². The fourth-order valence-corrected chi connectivity index (χ4v) is 1.74. The maximum atomic E-state index is 6.06. The molecule has 0 aliphatic rings. The molecule has 0 saturated heterocycles. The number of nitrogens with one attached hydrogen (secondary N) is 1. The summed E-state index contributed by atoms with van der Waals surface area (Å²) in [6.07, 6.45) is 0. The highest BCUT2D eigenvalue weighted by atomic mass is 35.5. The fourth-order valence-electron chi connectivity index (χ4n) is 1.54. The summed E-state index contributed by atoms with van der Waals surface area (Å²) in [5.41, 5.74) is 2.01. The Bertz CT molecular complexity index is 423. The highest BCUT2D eigenvalue weighted by molar-refractivity contribution is 6.35. The second-order valence-corrected chi connectivity index (χ2v) is 3.76. The van der Waals surface area contributed by atoms with Gasteiger partial charge in [-0.1, -0.05) is 17.7 Å². The van der Waals surface area contributed by atoms with Crippen molar-refractivity contribution in [3.05, 3.63) is 34.5 Å². The summed E-state index contributed by atoms with van der Waals surface area (Å²) < 4.78 is 5.67. The molecule has 0 bridgehead atoms. The number of aryl methyl sites for hydroxylation is 1. The van der Waals surface area contributed by atoms with E-state index in [9.17, 15) is 0 Å². The molecule has 2 aromatic rings. The SMILES string of the molecule is CNCc1cc2c(Cl)ccc(C)c2o1. The van der Waals surface area contributed by atoms with Crippen molar-refractivity contribution in [2.75, 3.05) is 7.05 Å². The molecule has 0 saturated carbocycles. The van der Waals surface area contributed by atoms with Crippen molar-refractivity contribution in [3.8, 4) is 0 Å². The Hall–Kier alpha value is -0.990. The Morgan fingerprint density at radius 3 is 2.86 bits per heavy atom. The number of benzene rings is 1. The maximum Gasteiger partial charge on any atom is 0.138 e. The largest absolute Gasteiger partial charge is 0.459 e. The van der Waals surface area contributed by atoms with E-state index in [1.807, 2.05) is 32.2 Å². The van der Waals surface area contributed by atoms with Gasteiger partial charge in [0, 0.05) is 5.39 Å². The van der Waals surface area contributed by atoms with Crippen LogP contribution in [0.5, 0.6) is 0 Å². The summed E-state index contributed by atoms with van der Waals surface area (Å²) in [7, 11) is 1.89. The molecular formula is C11H12ClNO. The average Bonchev–Trinajstić information content (AvgIpc) is 2.57. The van der Waals surface area contributed by atoms with Gasteiger partial charge in [0.25, 0.3) is 0 Å². The summed E-state index contributed by atoms with van der Waals surface area (Å²) in [6.45, 7) is 2.75. The summed E-state index contributed by atoms with van der Waals surface area (Å²) in [5.74, 6) is 0.915. The van der Waals surface area contributed by atoms with Gasteiger partial charge in [0.2, 0.25) is 0 Å². The number of hydrogen-bond acceptors (Lipinski definition) is 2. The van der Waals surface area contributed by atoms with Gasteiger partial charge >= 0.3 is 0 Å². The van der Waals surface area contributed by atoms with Crippen LogP contribution in [0, 0.1) is 6.92 Å². The molecule has 2 nitrogen and oxygen atoms in total. The minimum atomic E-state index is 0.727. The second-order valence-electron chi connectivity index (χ2n) is 3.35. The zero-order chi connectivity index (χ0) is 10.1. The first-order valence-corrected chi connectivity index (χ1v) is 4.92. The third-order valence-corrected chi connectivity index (χ3v) is 2.56. The molecule has 0 aliphatic heterocycles. The number of fused-ring (bicyclic) bond motifs is 1. The van der Waals surface area contributed by atoms with Gasteiger partial charge in [0.15, 0.2) is 0 Å². The van der Waals surface area contributed by atoms with Crippen LogP contribution in [0.3, 0.4) is 0 Å². The van der Waals surface area contributed by atoms with Gasteiger partial charge in [-0.25, -0.2) is 0 Å². The second kappa shape index (κ2) is 3.64. The lowest BCUT2D eigenvalue weighted by Gasteiger charge is -1.95. The number of halogens is 1. The summed E-state index contributed by atoms with van der Waals surface area (Å²) >= 11 is 6.06. The van der Waals surface area contributed by atoms with Crippen molar-refractivity contribution in [2.24, 2.45) is 0 Å². The number of furan rings is 1. The molecule has 1 heterocycles. The van der Waals surface area contributed by atoms with Crippen LogP contribution in [0.25, 0.3) is 11.0 Å². The van der Waals surface area contributed by atoms with E-state index < -0.39 is 0 Å². The van der Waals surface area contributed by atoms with E-state index in [1.54, 1.807) is 0 Å². The molecule has 1 N–H and O–H groups in total. The standard InChI is InChI=1S/C11H12ClNO/c1-7-3-4-10(12)9-5-8(6-13-2)14-11(7)9/h3-5,13H,6H2,1-2H3. The van der Waals surface area contributed by atoms with Gasteiger partial charge in [0.1, 0.15) is 11.3 Å². The predicted octanol–water partition coefficient (Wildman–Crippen LogP) is 3.11. The first-order valence-electron chi connectivity index (χ1n) is 4.54. The third kappa shape index (κ3) is 1.51. The first-order chi connectivity index (χ1) is 6.72. The minimum Gasteiger partial charge on any atom is -0.459 e. The molecule has 0 fully saturated rings. The van der Waals surface area contributed by atoms with Crippen molar-refractivity contribution < 1.29 is 4.42 Å². The molecule has 0 spiro atoms. The highest BCUT2D eigenvalue weighted by Gasteiger charge is 2.08. The lowest BCUT2D eigenvalue weighted by atomic mass is 10.2. The van der Waals surface area contributed by atoms with Gasteiger partial charge < -0.3 is 9.73 Å². The molecule has 2 rings (SSSR count). The maximum absolute atomic E-state index is 6.06. The van der Waals surface area contributed by atoms with Gasteiger partial charge in [-0.3, -0.25) is 0 Å². The topological polar surface area (TPSA) is 25.2 Å². The van der Waals surface area contributed by atoms with Gasteiger partial charge in [0.05, 0.1) is 11.6 Å². The Morgan fingerprint density at radius 1 is 1.43 bits per heavy atom. The van der Waals surface area contributed by atoms with Crippen molar-refractivity contribution in [3.63, 3.8) is 0 Å². The van der Waals surface area contributed by atoms with Crippen molar-refractivity contribution >= 4 is 22.6 Å². The van der Waals surface area contributed by atoms with Crippen LogP contribution in [-0.4, -0.2) is 7.05 Å². The third-order valence-electron chi connectivity index (χ3n) is 2.23. The molecule has 3 heteroatoms. The van der Waals surface area contributed by atoms with Gasteiger partial charge in [-0.15, -0.1) is 0 Å².